The molecule has 1 aromatic heterocycles. The number of anilines is 1. The van der Waals surface area contributed by atoms with Gasteiger partial charge < -0.3 is 14.6 Å². The quantitative estimate of drug-likeness (QED) is 0.625. The molecule has 1 heterocycles. The molecule has 5 nitrogen and oxygen atoms in total. The van der Waals surface area contributed by atoms with Crippen molar-refractivity contribution in [1.82, 2.24) is 9.55 Å². The van der Waals surface area contributed by atoms with Gasteiger partial charge in [-0.15, -0.1) is 0 Å². The summed E-state index contributed by atoms with van der Waals surface area (Å²) in [6.07, 6.45) is 3.51. The highest BCUT2D eigenvalue weighted by molar-refractivity contribution is 6.29. The van der Waals surface area contributed by atoms with Gasteiger partial charge in [0.25, 0.3) is 0 Å². The summed E-state index contributed by atoms with van der Waals surface area (Å²) in [4.78, 5) is 16.0. The maximum atomic E-state index is 11.8. The standard InChI is InChI=1S/C16H20ClN3O2/c1-3-4-9-22-16(21)12-5-7-13(8-6-12)18-11-15-19-10-14(17)20(15)2/h5-8,10,18H,3-4,9,11H2,1-2H3. The Morgan fingerprint density at radius 1 is 1.36 bits per heavy atom. The molecule has 2 rings (SSSR count). The number of imidazole rings is 1. The van der Waals surface area contributed by atoms with Crippen molar-refractivity contribution in [3.8, 4) is 0 Å². The van der Waals surface area contributed by atoms with Gasteiger partial charge in [0.05, 0.1) is 24.9 Å². The van der Waals surface area contributed by atoms with Gasteiger partial charge in [0.15, 0.2) is 0 Å². The molecule has 0 atom stereocenters. The van der Waals surface area contributed by atoms with Gasteiger partial charge in [0, 0.05) is 12.7 Å². The summed E-state index contributed by atoms with van der Waals surface area (Å²) in [6, 6.07) is 7.20. The molecule has 0 fully saturated rings. The average molecular weight is 322 g/mol. The van der Waals surface area contributed by atoms with Crippen molar-refractivity contribution in [3.05, 3.63) is 47.0 Å². The molecule has 0 amide bonds. The third kappa shape index (κ3) is 4.24. The highest BCUT2D eigenvalue weighted by atomic mass is 35.5. The van der Waals surface area contributed by atoms with Crippen LogP contribution in [0, 0.1) is 0 Å². The predicted octanol–water partition coefficient (Wildman–Crippen LogP) is 3.64. The average Bonchev–Trinajstić information content (AvgIpc) is 2.85. The van der Waals surface area contributed by atoms with Gasteiger partial charge in [0.2, 0.25) is 0 Å². The molecule has 118 valence electrons. The minimum atomic E-state index is -0.282. The third-order valence-corrected chi connectivity index (χ3v) is 3.68. The lowest BCUT2D eigenvalue weighted by Gasteiger charge is -2.08. The fourth-order valence-corrected chi connectivity index (χ4v) is 2.03. The maximum Gasteiger partial charge on any atom is 0.338 e. The third-order valence-electron chi connectivity index (χ3n) is 3.33. The summed E-state index contributed by atoms with van der Waals surface area (Å²) >= 11 is 5.94. The number of unbranched alkanes of at least 4 members (excludes halogenated alkanes) is 1. The fraction of sp³-hybridized carbons (Fsp3) is 0.375. The Balaban J connectivity index is 1.89. The monoisotopic (exact) mass is 321 g/mol. The normalized spacial score (nSPS) is 10.5. The molecule has 0 saturated heterocycles. The Morgan fingerprint density at radius 2 is 2.09 bits per heavy atom. The van der Waals surface area contributed by atoms with Crippen molar-refractivity contribution in [2.45, 2.75) is 26.3 Å². The molecule has 1 N–H and O–H groups in total. The van der Waals surface area contributed by atoms with Crippen molar-refractivity contribution < 1.29 is 9.53 Å². The van der Waals surface area contributed by atoms with Crippen LogP contribution in [0.5, 0.6) is 0 Å². The van der Waals surface area contributed by atoms with E-state index in [0.29, 0.717) is 23.9 Å². The molecular formula is C16H20ClN3O2. The van der Waals surface area contributed by atoms with Crippen LogP contribution in [0.1, 0.15) is 35.9 Å². The number of halogens is 1. The van der Waals surface area contributed by atoms with E-state index >= 15 is 0 Å². The fourth-order valence-electron chi connectivity index (χ4n) is 1.89. The van der Waals surface area contributed by atoms with Crippen molar-refractivity contribution in [3.63, 3.8) is 0 Å². The first-order valence-electron chi connectivity index (χ1n) is 7.29. The highest BCUT2D eigenvalue weighted by Crippen LogP contribution is 2.14. The zero-order valence-electron chi connectivity index (χ0n) is 12.8. The Bertz CT molecular complexity index is 623. The number of aromatic nitrogens is 2. The lowest BCUT2D eigenvalue weighted by Crippen LogP contribution is -2.08. The molecule has 0 radical (unpaired) electrons. The SMILES string of the molecule is CCCCOC(=O)c1ccc(NCc2ncc(Cl)n2C)cc1. The zero-order valence-corrected chi connectivity index (χ0v) is 13.6. The Labute approximate surface area is 135 Å². The number of rotatable bonds is 7. The molecular weight excluding hydrogens is 302 g/mol. The van der Waals surface area contributed by atoms with E-state index in [4.69, 9.17) is 16.3 Å². The first kappa shape index (κ1) is 16.4. The highest BCUT2D eigenvalue weighted by Gasteiger charge is 2.07. The van der Waals surface area contributed by atoms with E-state index in [1.807, 2.05) is 23.7 Å². The van der Waals surface area contributed by atoms with Crippen molar-refractivity contribution in [2.24, 2.45) is 7.05 Å². The molecule has 0 spiro atoms. The smallest absolute Gasteiger partial charge is 0.338 e. The van der Waals surface area contributed by atoms with E-state index in [1.54, 1.807) is 18.3 Å². The summed E-state index contributed by atoms with van der Waals surface area (Å²) < 4.78 is 6.98. The number of esters is 1. The van der Waals surface area contributed by atoms with Crippen LogP contribution in [0.25, 0.3) is 0 Å². The summed E-state index contributed by atoms with van der Waals surface area (Å²) in [6.45, 7) is 3.09. The molecule has 6 heteroatoms. The minimum absolute atomic E-state index is 0.282. The first-order chi connectivity index (χ1) is 10.6. The molecule has 0 unspecified atom stereocenters. The van der Waals surface area contributed by atoms with E-state index < -0.39 is 0 Å². The summed E-state index contributed by atoms with van der Waals surface area (Å²) in [5, 5.41) is 3.84. The largest absolute Gasteiger partial charge is 0.462 e. The van der Waals surface area contributed by atoms with Gasteiger partial charge in [-0.3, -0.25) is 0 Å². The van der Waals surface area contributed by atoms with E-state index in [-0.39, 0.29) is 5.97 Å². The van der Waals surface area contributed by atoms with E-state index in [0.717, 1.165) is 24.4 Å². The second-order valence-electron chi connectivity index (χ2n) is 4.98. The second kappa shape index (κ2) is 7.84. The lowest BCUT2D eigenvalue weighted by molar-refractivity contribution is 0.0500. The number of benzene rings is 1. The van der Waals surface area contributed by atoms with Gasteiger partial charge >= 0.3 is 5.97 Å². The zero-order chi connectivity index (χ0) is 15.9. The first-order valence-corrected chi connectivity index (χ1v) is 7.66. The lowest BCUT2D eigenvalue weighted by atomic mass is 10.2. The number of hydrogen-bond donors (Lipinski definition) is 1. The van der Waals surface area contributed by atoms with E-state index in [1.165, 1.54) is 0 Å². The summed E-state index contributed by atoms with van der Waals surface area (Å²) in [7, 11) is 1.86. The Hall–Kier alpha value is -2.01. The van der Waals surface area contributed by atoms with Gasteiger partial charge in [-0.25, -0.2) is 9.78 Å². The molecule has 0 aliphatic carbocycles. The van der Waals surface area contributed by atoms with E-state index in [9.17, 15) is 4.79 Å². The predicted molar refractivity (Wildman–Crippen MR) is 87.2 cm³/mol. The van der Waals surface area contributed by atoms with Crippen LogP contribution in [0.15, 0.2) is 30.5 Å². The topological polar surface area (TPSA) is 56.1 Å². The van der Waals surface area contributed by atoms with Crippen LogP contribution >= 0.6 is 11.6 Å². The molecule has 1 aromatic carbocycles. The number of carbonyl (C=O) groups is 1. The summed E-state index contributed by atoms with van der Waals surface area (Å²) in [5.74, 6) is 0.559. The number of nitrogens with zero attached hydrogens (tertiary/aromatic N) is 2. The van der Waals surface area contributed by atoms with Crippen molar-refractivity contribution >= 4 is 23.3 Å². The number of nitrogens with one attached hydrogen (secondary N) is 1. The van der Waals surface area contributed by atoms with Gasteiger partial charge in [-0.05, 0) is 30.7 Å². The molecule has 22 heavy (non-hydrogen) atoms. The number of carbonyl (C=O) groups excluding carboxylic acids is 1. The van der Waals surface area contributed by atoms with Crippen LogP contribution in [-0.2, 0) is 18.3 Å². The summed E-state index contributed by atoms with van der Waals surface area (Å²) in [5.41, 5.74) is 1.46. The molecule has 0 saturated carbocycles. The Kier molecular flexibility index (Phi) is 5.83. The molecule has 0 aliphatic rings. The van der Waals surface area contributed by atoms with Crippen LogP contribution < -0.4 is 5.32 Å². The van der Waals surface area contributed by atoms with Crippen molar-refractivity contribution in [1.29, 1.82) is 0 Å². The molecule has 0 bridgehead atoms. The second-order valence-corrected chi connectivity index (χ2v) is 5.36. The van der Waals surface area contributed by atoms with Gasteiger partial charge in [0.1, 0.15) is 11.0 Å². The Morgan fingerprint density at radius 3 is 2.68 bits per heavy atom. The minimum Gasteiger partial charge on any atom is -0.462 e. The van der Waals surface area contributed by atoms with Crippen LogP contribution in [-0.4, -0.2) is 22.1 Å². The van der Waals surface area contributed by atoms with Crippen LogP contribution in [0.3, 0.4) is 0 Å². The van der Waals surface area contributed by atoms with Gasteiger partial charge in [-0.1, -0.05) is 24.9 Å². The van der Waals surface area contributed by atoms with Crippen LogP contribution in [0.2, 0.25) is 5.15 Å². The number of hydrogen-bond acceptors (Lipinski definition) is 4. The van der Waals surface area contributed by atoms with E-state index in [2.05, 4.69) is 17.2 Å². The van der Waals surface area contributed by atoms with Gasteiger partial charge in [-0.2, -0.15) is 0 Å². The van der Waals surface area contributed by atoms with Crippen molar-refractivity contribution in [2.75, 3.05) is 11.9 Å². The van der Waals surface area contributed by atoms with Crippen LogP contribution in [0.4, 0.5) is 5.69 Å². The molecule has 2 aromatic rings. The number of ether oxygens (including phenoxy) is 1. The maximum absolute atomic E-state index is 11.8. The molecule has 0 aliphatic heterocycles.